The van der Waals surface area contributed by atoms with Gasteiger partial charge in [-0.2, -0.15) is 5.26 Å². The van der Waals surface area contributed by atoms with Crippen molar-refractivity contribution in [2.24, 2.45) is 0 Å². The van der Waals surface area contributed by atoms with Gasteiger partial charge in [0.2, 0.25) is 0 Å². The van der Waals surface area contributed by atoms with Gasteiger partial charge in [-0.25, -0.2) is 0 Å². The minimum absolute atomic E-state index is 0.0986. The summed E-state index contributed by atoms with van der Waals surface area (Å²) in [6, 6.07) is 11.1. The lowest BCUT2D eigenvalue weighted by atomic mass is 10.1. The van der Waals surface area contributed by atoms with Gasteiger partial charge in [0.15, 0.2) is 0 Å². The number of nitriles is 1. The third kappa shape index (κ3) is 3.96. The Morgan fingerprint density at radius 1 is 1.38 bits per heavy atom. The molecule has 0 aliphatic heterocycles. The Bertz CT molecular complexity index is 668. The summed E-state index contributed by atoms with van der Waals surface area (Å²) in [6.45, 7) is 3.33. The second-order valence-corrected chi connectivity index (χ2v) is 5.64. The fourth-order valence-corrected chi connectivity index (χ4v) is 2.53. The molecule has 108 valence electrons. The molecule has 0 unspecified atom stereocenters. The number of rotatable bonds is 5. The van der Waals surface area contributed by atoms with Crippen molar-refractivity contribution in [1.29, 1.82) is 5.26 Å². The number of carbonyl (C=O) groups excluding carboxylic acids is 1. The monoisotopic (exact) mass is 345 g/mol. The Hall–Kier alpha value is -2.06. The van der Waals surface area contributed by atoms with Crippen molar-refractivity contribution in [2.75, 3.05) is 0 Å². The van der Waals surface area contributed by atoms with E-state index in [2.05, 4.69) is 34.2 Å². The molecular weight excluding hydrogens is 330 g/mol. The zero-order chi connectivity index (χ0) is 15.2. The Morgan fingerprint density at radius 3 is 2.71 bits per heavy atom. The smallest absolute Gasteiger partial charge is 0.268 e. The van der Waals surface area contributed by atoms with Gasteiger partial charge in [-0.3, -0.25) is 4.79 Å². The third-order valence-corrected chi connectivity index (χ3v) is 3.53. The van der Waals surface area contributed by atoms with Crippen molar-refractivity contribution in [3.05, 3.63) is 57.8 Å². The molecule has 1 amide bonds. The summed E-state index contributed by atoms with van der Waals surface area (Å²) in [5.41, 5.74) is 2.23. The first-order valence-corrected chi connectivity index (χ1v) is 7.56. The van der Waals surface area contributed by atoms with E-state index in [1.807, 2.05) is 29.0 Å². The summed E-state index contributed by atoms with van der Waals surface area (Å²) in [6.07, 6.45) is 2.89. The van der Waals surface area contributed by atoms with Crippen LogP contribution in [-0.4, -0.2) is 10.5 Å². The second kappa shape index (κ2) is 7.09. The van der Waals surface area contributed by atoms with Crippen LogP contribution in [-0.2, 0) is 13.1 Å². The van der Waals surface area contributed by atoms with E-state index in [1.54, 1.807) is 12.1 Å². The number of hydrogen-bond acceptors (Lipinski definition) is 2. The van der Waals surface area contributed by atoms with Crippen LogP contribution in [0, 0.1) is 11.3 Å². The van der Waals surface area contributed by atoms with Crippen molar-refractivity contribution in [3.63, 3.8) is 0 Å². The summed E-state index contributed by atoms with van der Waals surface area (Å²) < 4.78 is 2.84. The Kier molecular flexibility index (Phi) is 5.18. The highest BCUT2D eigenvalue weighted by Crippen LogP contribution is 2.15. The lowest BCUT2D eigenvalue weighted by molar-refractivity contribution is 0.0941. The van der Waals surface area contributed by atoms with Crippen molar-refractivity contribution < 1.29 is 4.79 Å². The summed E-state index contributed by atoms with van der Waals surface area (Å²) in [5.74, 6) is -0.0986. The van der Waals surface area contributed by atoms with Crippen molar-refractivity contribution in [2.45, 2.75) is 26.4 Å². The van der Waals surface area contributed by atoms with Gasteiger partial charge < -0.3 is 9.88 Å². The summed E-state index contributed by atoms with van der Waals surface area (Å²) in [7, 11) is 0. The third-order valence-electron chi connectivity index (χ3n) is 3.10. The number of nitrogens with one attached hydrogen (secondary N) is 1. The summed E-state index contributed by atoms with van der Waals surface area (Å²) >= 11 is 3.40. The van der Waals surface area contributed by atoms with Gasteiger partial charge >= 0.3 is 0 Å². The molecule has 1 N–H and O–H groups in total. The SMILES string of the molecule is CCCn1cc(Br)cc1C(=O)NCc1ccc(C#N)cc1. The number of benzene rings is 1. The molecule has 4 nitrogen and oxygen atoms in total. The van der Waals surface area contributed by atoms with E-state index in [0.717, 1.165) is 23.0 Å². The van der Waals surface area contributed by atoms with Crippen molar-refractivity contribution >= 4 is 21.8 Å². The van der Waals surface area contributed by atoms with E-state index in [-0.39, 0.29) is 5.91 Å². The van der Waals surface area contributed by atoms with E-state index >= 15 is 0 Å². The minimum Gasteiger partial charge on any atom is -0.347 e. The van der Waals surface area contributed by atoms with Crippen LogP contribution in [0.1, 0.15) is 35.0 Å². The minimum atomic E-state index is -0.0986. The van der Waals surface area contributed by atoms with Gasteiger partial charge in [0.1, 0.15) is 5.69 Å². The zero-order valence-electron chi connectivity index (χ0n) is 11.8. The quantitative estimate of drug-likeness (QED) is 0.901. The highest BCUT2D eigenvalue weighted by atomic mass is 79.9. The molecule has 0 aliphatic rings. The van der Waals surface area contributed by atoms with E-state index in [0.29, 0.717) is 17.8 Å². The van der Waals surface area contributed by atoms with Gasteiger partial charge in [0, 0.05) is 23.8 Å². The van der Waals surface area contributed by atoms with Crippen LogP contribution < -0.4 is 5.32 Å². The standard InChI is InChI=1S/C16H16BrN3O/c1-2-7-20-11-14(17)8-15(20)16(21)19-10-13-5-3-12(9-18)4-6-13/h3-6,8,11H,2,7,10H2,1H3,(H,19,21). The number of nitrogens with zero attached hydrogens (tertiary/aromatic N) is 2. The molecule has 0 fully saturated rings. The molecule has 0 bridgehead atoms. The number of aromatic nitrogens is 1. The maximum atomic E-state index is 12.2. The van der Waals surface area contributed by atoms with E-state index in [4.69, 9.17) is 5.26 Å². The maximum Gasteiger partial charge on any atom is 0.268 e. The number of carbonyl (C=O) groups is 1. The van der Waals surface area contributed by atoms with Crippen LogP contribution in [0.15, 0.2) is 41.0 Å². The first kappa shape index (κ1) is 15.3. The van der Waals surface area contributed by atoms with Crippen LogP contribution in [0.4, 0.5) is 0 Å². The molecule has 21 heavy (non-hydrogen) atoms. The highest BCUT2D eigenvalue weighted by molar-refractivity contribution is 9.10. The van der Waals surface area contributed by atoms with Crippen LogP contribution >= 0.6 is 15.9 Å². The predicted molar refractivity (Wildman–Crippen MR) is 84.8 cm³/mol. The Balaban J connectivity index is 2.02. The van der Waals surface area contributed by atoms with Gasteiger partial charge in [0.25, 0.3) is 5.91 Å². The molecule has 1 heterocycles. The number of aryl methyl sites for hydroxylation is 1. The normalized spacial score (nSPS) is 10.1. The van der Waals surface area contributed by atoms with Crippen LogP contribution in [0.2, 0.25) is 0 Å². The fourth-order valence-electron chi connectivity index (χ4n) is 2.06. The summed E-state index contributed by atoms with van der Waals surface area (Å²) in [4.78, 5) is 12.2. The predicted octanol–water partition coefficient (Wildman–Crippen LogP) is 3.46. The zero-order valence-corrected chi connectivity index (χ0v) is 13.4. The molecular formula is C16H16BrN3O. The molecule has 5 heteroatoms. The van der Waals surface area contributed by atoms with E-state index in [9.17, 15) is 4.79 Å². The number of halogens is 1. The molecule has 0 saturated carbocycles. The van der Waals surface area contributed by atoms with Gasteiger partial charge in [-0.1, -0.05) is 19.1 Å². The molecule has 0 atom stereocenters. The molecule has 1 aromatic heterocycles. The largest absolute Gasteiger partial charge is 0.347 e. The first-order chi connectivity index (χ1) is 10.1. The lowest BCUT2D eigenvalue weighted by Crippen LogP contribution is -2.25. The van der Waals surface area contributed by atoms with Gasteiger partial charge in [-0.15, -0.1) is 0 Å². The molecule has 0 radical (unpaired) electrons. The Labute approximate surface area is 132 Å². The summed E-state index contributed by atoms with van der Waals surface area (Å²) in [5, 5.41) is 11.7. The van der Waals surface area contributed by atoms with Gasteiger partial charge in [-0.05, 0) is 46.1 Å². The Morgan fingerprint density at radius 2 is 2.10 bits per heavy atom. The average molecular weight is 346 g/mol. The van der Waals surface area contributed by atoms with Crippen LogP contribution in [0.5, 0.6) is 0 Å². The number of amides is 1. The molecule has 1 aromatic carbocycles. The van der Waals surface area contributed by atoms with Crippen molar-refractivity contribution in [3.8, 4) is 6.07 Å². The molecule has 2 rings (SSSR count). The van der Waals surface area contributed by atoms with Gasteiger partial charge in [0.05, 0.1) is 11.6 Å². The topological polar surface area (TPSA) is 57.8 Å². The average Bonchev–Trinajstić information content (AvgIpc) is 2.86. The molecule has 2 aromatic rings. The first-order valence-electron chi connectivity index (χ1n) is 6.77. The molecule has 0 aliphatic carbocycles. The van der Waals surface area contributed by atoms with E-state index in [1.165, 1.54) is 0 Å². The molecule has 0 saturated heterocycles. The fraction of sp³-hybridized carbons (Fsp3) is 0.250. The second-order valence-electron chi connectivity index (χ2n) is 4.73. The van der Waals surface area contributed by atoms with E-state index < -0.39 is 0 Å². The van der Waals surface area contributed by atoms with Crippen LogP contribution in [0.3, 0.4) is 0 Å². The highest BCUT2D eigenvalue weighted by Gasteiger charge is 2.12. The van der Waals surface area contributed by atoms with Crippen LogP contribution in [0.25, 0.3) is 0 Å². The van der Waals surface area contributed by atoms with Crippen molar-refractivity contribution in [1.82, 2.24) is 9.88 Å². The number of hydrogen-bond donors (Lipinski definition) is 1. The molecule has 0 spiro atoms. The maximum absolute atomic E-state index is 12.2. The lowest BCUT2D eigenvalue weighted by Gasteiger charge is -2.08.